The van der Waals surface area contributed by atoms with Crippen LogP contribution in [0.3, 0.4) is 0 Å². The standard InChI is InChI=1S/C8H7NO5/c1-4-2-3-5(10)6(8(11)12)7(4)9(13)14/h2-3,10H,1H3,(H,11,12). The van der Waals surface area contributed by atoms with Gasteiger partial charge in [-0.15, -0.1) is 0 Å². The van der Waals surface area contributed by atoms with Crippen LogP contribution in [0, 0.1) is 17.0 Å². The number of phenols is 1. The van der Waals surface area contributed by atoms with E-state index in [-0.39, 0.29) is 5.56 Å². The number of aromatic hydroxyl groups is 1. The third kappa shape index (κ3) is 1.49. The number of nitrogens with zero attached hydrogens (tertiary/aromatic N) is 1. The molecule has 0 spiro atoms. The molecule has 0 amide bonds. The second kappa shape index (κ2) is 3.33. The lowest BCUT2D eigenvalue weighted by Gasteiger charge is -2.02. The minimum absolute atomic E-state index is 0.199. The van der Waals surface area contributed by atoms with Crippen molar-refractivity contribution in [2.75, 3.05) is 0 Å². The summed E-state index contributed by atoms with van der Waals surface area (Å²) in [6.45, 7) is 1.41. The number of carbonyl (C=O) groups is 1. The van der Waals surface area contributed by atoms with E-state index in [0.717, 1.165) is 6.07 Å². The monoisotopic (exact) mass is 197 g/mol. The first kappa shape index (κ1) is 9.97. The topological polar surface area (TPSA) is 101 Å². The molecule has 0 atom stereocenters. The van der Waals surface area contributed by atoms with Crippen LogP contribution >= 0.6 is 0 Å². The number of benzene rings is 1. The van der Waals surface area contributed by atoms with E-state index in [9.17, 15) is 14.9 Å². The molecule has 0 saturated carbocycles. The Hall–Kier alpha value is -2.11. The lowest BCUT2D eigenvalue weighted by molar-refractivity contribution is -0.385. The van der Waals surface area contributed by atoms with Crippen molar-refractivity contribution in [3.05, 3.63) is 33.4 Å². The van der Waals surface area contributed by atoms with Crippen molar-refractivity contribution < 1.29 is 19.9 Å². The third-order valence-electron chi connectivity index (χ3n) is 1.75. The summed E-state index contributed by atoms with van der Waals surface area (Å²) in [5, 5.41) is 28.3. The van der Waals surface area contributed by atoms with Crippen LogP contribution in [0.1, 0.15) is 15.9 Å². The maximum Gasteiger partial charge on any atom is 0.346 e. The van der Waals surface area contributed by atoms with Crippen LogP contribution < -0.4 is 0 Å². The Bertz CT molecular complexity index is 373. The molecule has 0 aliphatic heterocycles. The van der Waals surface area contributed by atoms with Crippen LogP contribution in [0.4, 0.5) is 5.69 Å². The number of carboxylic acid groups (broad SMARTS) is 1. The van der Waals surface area contributed by atoms with Gasteiger partial charge in [0.2, 0.25) is 0 Å². The van der Waals surface area contributed by atoms with Crippen LogP contribution in [-0.4, -0.2) is 21.1 Å². The van der Waals surface area contributed by atoms with E-state index in [4.69, 9.17) is 10.2 Å². The summed E-state index contributed by atoms with van der Waals surface area (Å²) >= 11 is 0. The van der Waals surface area contributed by atoms with Gasteiger partial charge in [0, 0.05) is 5.56 Å². The number of nitro benzene ring substituents is 1. The fourth-order valence-electron chi connectivity index (χ4n) is 1.13. The number of rotatable bonds is 2. The molecule has 74 valence electrons. The van der Waals surface area contributed by atoms with Crippen LogP contribution in [0.5, 0.6) is 5.75 Å². The first-order chi connectivity index (χ1) is 6.45. The van der Waals surface area contributed by atoms with Crippen molar-refractivity contribution in [3.63, 3.8) is 0 Å². The number of carboxylic acids is 1. The van der Waals surface area contributed by atoms with E-state index >= 15 is 0 Å². The molecule has 0 unspecified atom stereocenters. The fourth-order valence-corrected chi connectivity index (χ4v) is 1.13. The lowest BCUT2D eigenvalue weighted by atomic mass is 10.1. The molecule has 0 aromatic heterocycles. The van der Waals surface area contributed by atoms with Crippen LogP contribution in [0.15, 0.2) is 12.1 Å². The summed E-state index contributed by atoms with van der Waals surface area (Å²) in [7, 11) is 0. The van der Waals surface area contributed by atoms with Crippen LogP contribution in [-0.2, 0) is 0 Å². The largest absolute Gasteiger partial charge is 0.507 e. The normalized spacial score (nSPS) is 9.79. The number of nitro groups is 1. The van der Waals surface area contributed by atoms with E-state index in [2.05, 4.69) is 0 Å². The summed E-state index contributed by atoms with van der Waals surface area (Å²) in [4.78, 5) is 20.3. The van der Waals surface area contributed by atoms with Crippen LogP contribution in [0.25, 0.3) is 0 Å². The van der Waals surface area contributed by atoms with E-state index in [1.54, 1.807) is 0 Å². The smallest absolute Gasteiger partial charge is 0.346 e. The molecule has 0 heterocycles. The van der Waals surface area contributed by atoms with Gasteiger partial charge in [-0.25, -0.2) is 4.79 Å². The number of hydrogen-bond acceptors (Lipinski definition) is 4. The van der Waals surface area contributed by atoms with Crippen molar-refractivity contribution in [2.24, 2.45) is 0 Å². The average Bonchev–Trinajstić information content (AvgIpc) is 2.07. The van der Waals surface area contributed by atoms with Crippen LogP contribution in [0.2, 0.25) is 0 Å². The quantitative estimate of drug-likeness (QED) is 0.549. The van der Waals surface area contributed by atoms with Crippen molar-refractivity contribution >= 4 is 11.7 Å². The Morgan fingerprint density at radius 3 is 2.43 bits per heavy atom. The SMILES string of the molecule is Cc1ccc(O)c(C(=O)O)c1[N+](=O)[O-]. The summed E-state index contributed by atoms with van der Waals surface area (Å²) in [5.74, 6) is -2.12. The Balaban J connectivity index is 3.58. The summed E-state index contributed by atoms with van der Waals surface area (Å²) in [5.41, 5.74) is -1.04. The molecule has 1 aromatic rings. The molecule has 1 rings (SSSR count). The summed E-state index contributed by atoms with van der Waals surface area (Å²) in [6.07, 6.45) is 0. The molecular weight excluding hydrogens is 190 g/mol. The van der Waals surface area contributed by atoms with Crippen molar-refractivity contribution in [1.82, 2.24) is 0 Å². The lowest BCUT2D eigenvalue weighted by Crippen LogP contribution is -2.04. The maximum atomic E-state index is 10.6. The predicted octanol–water partition coefficient (Wildman–Crippen LogP) is 1.31. The van der Waals surface area contributed by atoms with Crippen molar-refractivity contribution in [1.29, 1.82) is 0 Å². The summed E-state index contributed by atoms with van der Waals surface area (Å²) < 4.78 is 0. The van der Waals surface area contributed by atoms with Crippen molar-refractivity contribution in [3.8, 4) is 5.75 Å². The van der Waals surface area contributed by atoms with Gasteiger partial charge in [-0.2, -0.15) is 0 Å². The number of aryl methyl sites for hydroxylation is 1. The highest BCUT2D eigenvalue weighted by molar-refractivity contribution is 5.96. The average molecular weight is 197 g/mol. The maximum absolute atomic E-state index is 10.6. The first-order valence-electron chi connectivity index (χ1n) is 3.65. The van der Waals surface area contributed by atoms with Gasteiger partial charge in [-0.1, -0.05) is 0 Å². The molecule has 6 nitrogen and oxygen atoms in total. The van der Waals surface area contributed by atoms with E-state index in [1.807, 2.05) is 0 Å². The van der Waals surface area contributed by atoms with Gasteiger partial charge in [0.25, 0.3) is 5.69 Å². The second-order valence-corrected chi connectivity index (χ2v) is 2.69. The van der Waals surface area contributed by atoms with Gasteiger partial charge in [-0.3, -0.25) is 10.1 Å². The molecule has 6 heteroatoms. The highest BCUT2D eigenvalue weighted by Crippen LogP contribution is 2.30. The molecule has 0 saturated heterocycles. The third-order valence-corrected chi connectivity index (χ3v) is 1.75. The zero-order valence-electron chi connectivity index (χ0n) is 7.22. The predicted molar refractivity (Wildman–Crippen MR) is 46.5 cm³/mol. The van der Waals surface area contributed by atoms with Crippen molar-refractivity contribution in [2.45, 2.75) is 6.92 Å². The number of aromatic carboxylic acids is 1. The van der Waals surface area contributed by atoms with E-state index in [1.165, 1.54) is 13.0 Å². The number of hydrogen-bond donors (Lipinski definition) is 2. The minimum Gasteiger partial charge on any atom is -0.507 e. The zero-order chi connectivity index (χ0) is 10.9. The van der Waals surface area contributed by atoms with Gasteiger partial charge in [0.05, 0.1) is 4.92 Å². The Kier molecular flexibility index (Phi) is 2.37. The molecule has 0 bridgehead atoms. The van der Waals surface area contributed by atoms with E-state index in [0.29, 0.717) is 0 Å². The second-order valence-electron chi connectivity index (χ2n) is 2.69. The molecule has 1 aromatic carbocycles. The Morgan fingerprint density at radius 2 is 2.07 bits per heavy atom. The summed E-state index contributed by atoms with van der Waals surface area (Å²) in [6, 6.07) is 2.41. The molecule has 0 radical (unpaired) electrons. The minimum atomic E-state index is -1.52. The van der Waals surface area contributed by atoms with Gasteiger partial charge in [-0.05, 0) is 19.1 Å². The van der Waals surface area contributed by atoms with E-state index < -0.39 is 27.9 Å². The molecule has 0 aliphatic rings. The molecule has 14 heavy (non-hydrogen) atoms. The Morgan fingerprint density at radius 1 is 1.50 bits per heavy atom. The van der Waals surface area contributed by atoms with Gasteiger partial charge in [0.1, 0.15) is 5.75 Å². The van der Waals surface area contributed by atoms with Gasteiger partial charge >= 0.3 is 5.97 Å². The molecule has 0 fully saturated rings. The Labute approximate surface area is 78.6 Å². The highest BCUT2D eigenvalue weighted by atomic mass is 16.6. The highest BCUT2D eigenvalue weighted by Gasteiger charge is 2.26. The molecule has 2 N–H and O–H groups in total. The molecular formula is C8H7NO5. The van der Waals surface area contributed by atoms with Gasteiger partial charge < -0.3 is 10.2 Å². The zero-order valence-corrected chi connectivity index (χ0v) is 7.22. The molecule has 0 aliphatic carbocycles. The fraction of sp³-hybridized carbons (Fsp3) is 0.125. The first-order valence-corrected chi connectivity index (χ1v) is 3.65. The van der Waals surface area contributed by atoms with Gasteiger partial charge in [0.15, 0.2) is 5.56 Å².